The van der Waals surface area contributed by atoms with E-state index >= 15 is 0 Å². The van der Waals surface area contributed by atoms with Gasteiger partial charge < -0.3 is 10.5 Å². The van der Waals surface area contributed by atoms with Crippen molar-refractivity contribution in [1.82, 2.24) is 9.97 Å². The molecule has 0 aliphatic rings. The lowest BCUT2D eigenvalue weighted by Gasteiger charge is -2.13. The first-order valence-electron chi connectivity index (χ1n) is 6.76. The molecule has 4 heteroatoms. The van der Waals surface area contributed by atoms with Crippen LogP contribution in [0.4, 0.5) is 0 Å². The first-order valence-corrected chi connectivity index (χ1v) is 6.76. The van der Waals surface area contributed by atoms with Crippen LogP contribution in [0.15, 0.2) is 18.2 Å². The van der Waals surface area contributed by atoms with Gasteiger partial charge in [0.1, 0.15) is 11.6 Å². The summed E-state index contributed by atoms with van der Waals surface area (Å²) in [6.45, 7) is 6.69. The average Bonchev–Trinajstić information content (AvgIpc) is 2.41. The Bertz CT molecular complexity index is 623. The van der Waals surface area contributed by atoms with Crippen molar-refractivity contribution >= 4 is 0 Å². The van der Waals surface area contributed by atoms with Gasteiger partial charge in [-0.25, -0.2) is 9.97 Å². The summed E-state index contributed by atoms with van der Waals surface area (Å²) in [5.74, 6) is 1.70. The van der Waals surface area contributed by atoms with Gasteiger partial charge in [0.25, 0.3) is 0 Å². The number of hydrogen-bond acceptors (Lipinski definition) is 4. The molecule has 106 valence electrons. The van der Waals surface area contributed by atoms with Gasteiger partial charge in [0.05, 0.1) is 12.8 Å². The van der Waals surface area contributed by atoms with E-state index in [-0.39, 0.29) is 0 Å². The summed E-state index contributed by atoms with van der Waals surface area (Å²) in [5, 5.41) is 0. The first kappa shape index (κ1) is 14.5. The van der Waals surface area contributed by atoms with E-state index in [1.807, 2.05) is 19.1 Å². The number of rotatable bonds is 4. The number of benzene rings is 1. The molecule has 0 radical (unpaired) electrons. The molecule has 0 amide bonds. The summed E-state index contributed by atoms with van der Waals surface area (Å²) in [6.07, 6.45) is 0.697. The Balaban J connectivity index is 2.54. The summed E-state index contributed by atoms with van der Waals surface area (Å²) < 4.78 is 5.35. The van der Waals surface area contributed by atoms with Gasteiger partial charge in [-0.2, -0.15) is 0 Å². The van der Waals surface area contributed by atoms with E-state index in [1.54, 1.807) is 7.11 Å². The molecular weight excluding hydrogens is 250 g/mol. The van der Waals surface area contributed by atoms with E-state index in [9.17, 15) is 0 Å². The standard InChI is InChI=1S/C16H21N3O/c1-10-9-14(19-16(18-10)7-8-17)13-5-6-15(20-4)12(3)11(13)2/h5-6,9H,7-8,17H2,1-4H3. The van der Waals surface area contributed by atoms with Crippen LogP contribution in [-0.4, -0.2) is 23.6 Å². The zero-order valence-corrected chi connectivity index (χ0v) is 12.5. The molecule has 0 spiro atoms. The highest BCUT2D eigenvalue weighted by Gasteiger charge is 2.11. The molecule has 1 heterocycles. The van der Waals surface area contributed by atoms with Crippen molar-refractivity contribution in [3.8, 4) is 17.0 Å². The number of aromatic nitrogens is 2. The highest BCUT2D eigenvalue weighted by molar-refractivity contribution is 5.67. The molecule has 0 aliphatic carbocycles. The Kier molecular flexibility index (Phi) is 4.35. The second-order valence-corrected chi connectivity index (χ2v) is 4.91. The van der Waals surface area contributed by atoms with Crippen LogP contribution in [-0.2, 0) is 6.42 Å². The molecular formula is C16H21N3O. The molecule has 2 aromatic rings. The van der Waals surface area contributed by atoms with Gasteiger partial charge in [0.2, 0.25) is 0 Å². The monoisotopic (exact) mass is 271 g/mol. The van der Waals surface area contributed by atoms with Crippen LogP contribution in [0.2, 0.25) is 0 Å². The zero-order valence-electron chi connectivity index (χ0n) is 12.5. The number of methoxy groups -OCH3 is 1. The number of hydrogen-bond donors (Lipinski definition) is 1. The predicted octanol–water partition coefficient (Wildman–Crippen LogP) is 2.58. The van der Waals surface area contributed by atoms with Gasteiger partial charge in [-0.05, 0) is 56.6 Å². The normalized spacial score (nSPS) is 10.7. The van der Waals surface area contributed by atoms with Crippen LogP contribution < -0.4 is 10.5 Å². The van der Waals surface area contributed by atoms with Crippen molar-refractivity contribution in [2.24, 2.45) is 5.73 Å². The summed E-state index contributed by atoms with van der Waals surface area (Å²) in [5.41, 5.74) is 10.9. The maximum atomic E-state index is 5.59. The maximum Gasteiger partial charge on any atom is 0.130 e. The van der Waals surface area contributed by atoms with Crippen molar-refractivity contribution in [3.05, 3.63) is 40.8 Å². The van der Waals surface area contributed by atoms with Gasteiger partial charge in [-0.1, -0.05) is 0 Å². The third-order valence-corrected chi connectivity index (χ3v) is 3.50. The third kappa shape index (κ3) is 2.80. The molecule has 0 unspecified atom stereocenters. The van der Waals surface area contributed by atoms with Gasteiger partial charge >= 0.3 is 0 Å². The second kappa shape index (κ2) is 6.01. The number of nitrogens with two attached hydrogens (primary N) is 1. The molecule has 0 bridgehead atoms. The van der Waals surface area contributed by atoms with Gasteiger partial charge in [-0.15, -0.1) is 0 Å². The Labute approximate surface area is 120 Å². The lowest BCUT2D eigenvalue weighted by molar-refractivity contribution is 0.411. The Morgan fingerprint density at radius 3 is 2.50 bits per heavy atom. The highest BCUT2D eigenvalue weighted by atomic mass is 16.5. The fourth-order valence-corrected chi connectivity index (χ4v) is 2.30. The third-order valence-electron chi connectivity index (χ3n) is 3.50. The topological polar surface area (TPSA) is 61.0 Å². The van der Waals surface area contributed by atoms with E-state index in [0.29, 0.717) is 13.0 Å². The molecule has 20 heavy (non-hydrogen) atoms. The molecule has 1 aromatic carbocycles. The fraction of sp³-hybridized carbons (Fsp3) is 0.375. The largest absolute Gasteiger partial charge is 0.496 e. The van der Waals surface area contributed by atoms with Crippen LogP contribution >= 0.6 is 0 Å². The van der Waals surface area contributed by atoms with Crippen molar-refractivity contribution < 1.29 is 4.74 Å². The van der Waals surface area contributed by atoms with E-state index < -0.39 is 0 Å². The molecule has 2 rings (SSSR count). The Morgan fingerprint density at radius 2 is 1.85 bits per heavy atom. The van der Waals surface area contributed by atoms with Gasteiger partial charge in [0.15, 0.2) is 0 Å². The number of nitrogens with zero attached hydrogens (tertiary/aromatic N) is 2. The lowest BCUT2D eigenvalue weighted by atomic mass is 9.99. The molecule has 2 N–H and O–H groups in total. The van der Waals surface area contributed by atoms with Gasteiger partial charge in [-0.3, -0.25) is 0 Å². The smallest absolute Gasteiger partial charge is 0.130 e. The molecule has 0 fully saturated rings. The zero-order chi connectivity index (χ0) is 14.7. The van der Waals surface area contributed by atoms with E-state index in [0.717, 1.165) is 34.1 Å². The molecule has 0 saturated carbocycles. The minimum Gasteiger partial charge on any atom is -0.496 e. The van der Waals surface area contributed by atoms with E-state index in [1.165, 1.54) is 5.56 Å². The van der Waals surface area contributed by atoms with Crippen molar-refractivity contribution in [2.45, 2.75) is 27.2 Å². The average molecular weight is 271 g/mol. The van der Waals surface area contributed by atoms with Crippen LogP contribution in [0.25, 0.3) is 11.3 Å². The Morgan fingerprint density at radius 1 is 1.10 bits per heavy atom. The van der Waals surface area contributed by atoms with Gasteiger partial charge in [0, 0.05) is 17.7 Å². The number of ether oxygens (including phenoxy) is 1. The van der Waals surface area contributed by atoms with Crippen LogP contribution in [0.1, 0.15) is 22.6 Å². The summed E-state index contributed by atoms with van der Waals surface area (Å²) in [6, 6.07) is 6.04. The summed E-state index contributed by atoms with van der Waals surface area (Å²) >= 11 is 0. The summed E-state index contributed by atoms with van der Waals surface area (Å²) in [4.78, 5) is 9.04. The van der Waals surface area contributed by atoms with Crippen LogP contribution in [0, 0.1) is 20.8 Å². The first-order chi connectivity index (χ1) is 9.56. The second-order valence-electron chi connectivity index (χ2n) is 4.91. The SMILES string of the molecule is COc1ccc(-c2cc(C)nc(CCN)n2)c(C)c1C. The number of aryl methyl sites for hydroxylation is 1. The van der Waals surface area contributed by atoms with Crippen molar-refractivity contribution in [3.63, 3.8) is 0 Å². The molecule has 0 saturated heterocycles. The Hall–Kier alpha value is -1.94. The quantitative estimate of drug-likeness (QED) is 0.928. The predicted molar refractivity (Wildman–Crippen MR) is 81.0 cm³/mol. The van der Waals surface area contributed by atoms with Crippen molar-refractivity contribution in [2.75, 3.05) is 13.7 Å². The van der Waals surface area contributed by atoms with E-state index in [4.69, 9.17) is 10.5 Å². The van der Waals surface area contributed by atoms with Crippen LogP contribution in [0.5, 0.6) is 5.75 Å². The molecule has 1 aromatic heterocycles. The fourth-order valence-electron chi connectivity index (χ4n) is 2.30. The molecule has 0 atom stereocenters. The van der Waals surface area contributed by atoms with E-state index in [2.05, 4.69) is 29.9 Å². The molecule has 0 aliphatic heterocycles. The summed E-state index contributed by atoms with van der Waals surface area (Å²) in [7, 11) is 1.69. The van der Waals surface area contributed by atoms with Crippen LogP contribution in [0.3, 0.4) is 0 Å². The lowest BCUT2D eigenvalue weighted by Crippen LogP contribution is -2.08. The molecule has 4 nitrogen and oxygen atoms in total. The van der Waals surface area contributed by atoms with Crippen molar-refractivity contribution in [1.29, 1.82) is 0 Å². The minimum atomic E-state index is 0.559. The highest BCUT2D eigenvalue weighted by Crippen LogP contribution is 2.30. The minimum absolute atomic E-state index is 0.559. The maximum absolute atomic E-state index is 5.59.